The SMILES string of the molecule is CO/N=C(\C(=O)N[C@@H]1C(=O)N2C(C(=O)[O-])=C(C[n+]3cccc4c3ccn4Cc3ccc(C(N)=NC4CCCNC4)cc3)CS[C@H]12)c1nc(N)sc1Cl. The van der Waals surface area contributed by atoms with Gasteiger partial charge in [0.2, 0.25) is 5.52 Å². The van der Waals surface area contributed by atoms with Crippen LogP contribution in [0.4, 0.5) is 5.13 Å². The van der Waals surface area contributed by atoms with E-state index in [-0.39, 0.29) is 44.9 Å². The summed E-state index contributed by atoms with van der Waals surface area (Å²) >= 11 is 8.48. The third-order valence-electron chi connectivity index (χ3n) is 9.12. The Labute approximate surface area is 311 Å². The number of amides is 2. The zero-order chi connectivity index (χ0) is 36.5. The summed E-state index contributed by atoms with van der Waals surface area (Å²) in [5.74, 6) is -2.01. The first-order chi connectivity index (χ1) is 25.1. The molecule has 3 aliphatic heterocycles. The van der Waals surface area contributed by atoms with E-state index in [0.717, 1.165) is 59.4 Å². The van der Waals surface area contributed by atoms with Crippen LogP contribution < -0.4 is 31.8 Å². The maximum absolute atomic E-state index is 13.4. The summed E-state index contributed by atoms with van der Waals surface area (Å²) in [7, 11) is 1.25. The normalized spacial score (nSPS) is 20.8. The summed E-state index contributed by atoms with van der Waals surface area (Å²) in [6, 6.07) is 13.1. The highest BCUT2D eigenvalue weighted by Crippen LogP contribution is 2.40. The van der Waals surface area contributed by atoms with Gasteiger partial charge in [-0.1, -0.05) is 52.4 Å². The summed E-state index contributed by atoms with van der Waals surface area (Å²) in [5, 5.41) is 21.7. The molecule has 6 heterocycles. The molecule has 0 radical (unpaired) electrons. The van der Waals surface area contributed by atoms with Gasteiger partial charge in [-0.25, -0.2) is 4.98 Å². The number of aromatic nitrogens is 3. The molecule has 0 aliphatic carbocycles. The number of nitrogens with two attached hydrogens (primary N) is 2. The fourth-order valence-electron chi connectivity index (χ4n) is 6.64. The summed E-state index contributed by atoms with van der Waals surface area (Å²) in [6.45, 7) is 2.68. The van der Waals surface area contributed by atoms with Gasteiger partial charge in [0.05, 0.1) is 17.7 Å². The van der Waals surface area contributed by atoms with Crippen LogP contribution in [0.2, 0.25) is 4.34 Å². The quantitative estimate of drug-likeness (QED) is 0.0549. The Morgan fingerprint density at radius 2 is 2.06 bits per heavy atom. The Bertz CT molecular complexity index is 2140. The average Bonchev–Trinajstić information content (AvgIpc) is 3.71. The van der Waals surface area contributed by atoms with Gasteiger partial charge in [0.1, 0.15) is 39.9 Å². The lowest BCUT2D eigenvalue weighted by Gasteiger charge is -2.50. The van der Waals surface area contributed by atoms with Crippen LogP contribution in [-0.2, 0) is 32.3 Å². The van der Waals surface area contributed by atoms with E-state index in [2.05, 4.69) is 25.3 Å². The number of nitrogen functional groups attached to an aromatic ring is 1. The van der Waals surface area contributed by atoms with Crippen LogP contribution in [0.1, 0.15) is 29.7 Å². The minimum Gasteiger partial charge on any atom is -0.543 e. The number of fused-ring (bicyclic) bond motifs is 2. The standard InChI is InChI=1S/C34H35ClN10O5S2/c1-50-42-25(24-28(35)52-34(37)41-24)30(46)40-26-31(47)45-27(33(48)49)20(17-51-32(26)45)16-43-12-3-5-22-23(43)10-13-44(22)15-18-6-8-19(9-7-18)29(36)39-21-4-2-11-38-14-21/h3,5-10,12-13,21,26,32,38H,2,4,11,14-17H2,1H3,(H5-,36,37,39,40,41,46,48,49)/b42-25-/t21?,26-,32-/m1/s1. The number of oxime groups is 1. The number of carbonyl (C=O) groups excluding carboxylic acids is 3. The van der Waals surface area contributed by atoms with Gasteiger partial charge in [-0.05, 0) is 31.0 Å². The number of thioether (sulfide) groups is 1. The molecule has 52 heavy (non-hydrogen) atoms. The van der Waals surface area contributed by atoms with Gasteiger partial charge < -0.3 is 41.4 Å². The predicted octanol–water partition coefficient (Wildman–Crippen LogP) is 0.581. The maximum atomic E-state index is 13.4. The van der Waals surface area contributed by atoms with E-state index in [9.17, 15) is 19.5 Å². The first-order valence-electron chi connectivity index (χ1n) is 16.5. The lowest BCUT2D eigenvalue weighted by Crippen LogP contribution is -2.71. The van der Waals surface area contributed by atoms with Gasteiger partial charge in [0, 0.05) is 48.3 Å². The maximum Gasteiger partial charge on any atom is 0.276 e. The number of piperidine rings is 1. The molecule has 2 fully saturated rings. The number of anilines is 1. The van der Waals surface area contributed by atoms with Crippen LogP contribution in [0.15, 0.2) is 76.3 Å². The number of amidine groups is 1. The van der Waals surface area contributed by atoms with Crippen molar-refractivity contribution in [2.24, 2.45) is 15.9 Å². The highest BCUT2D eigenvalue weighted by atomic mass is 35.5. The van der Waals surface area contributed by atoms with E-state index in [1.807, 2.05) is 59.4 Å². The summed E-state index contributed by atoms with van der Waals surface area (Å²) < 4.78 is 4.19. The van der Waals surface area contributed by atoms with Crippen molar-refractivity contribution in [3.05, 3.63) is 87.3 Å². The lowest BCUT2D eigenvalue weighted by molar-refractivity contribution is -0.663. The minimum absolute atomic E-state index is 0.0114. The number of hydrogen-bond acceptors (Lipinski definition) is 12. The predicted molar refractivity (Wildman–Crippen MR) is 196 cm³/mol. The molecule has 0 saturated carbocycles. The van der Waals surface area contributed by atoms with Crippen LogP contribution in [0, 0.1) is 0 Å². The van der Waals surface area contributed by atoms with E-state index in [1.165, 1.54) is 23.8 Å². The molecule has 1 aromatic carbocycles. The fourth-order valence-corrected chi connectivity index (χ4v) is 8.90. The number of nitrogens with one attached hydrogen (secondary N) is 2. The minimum atomic E-state index is -1.47. The van der Waals surface area contributed by atoms with Crippen LogP contribution >= 0.6 is 34.7 Å². The molecule has 0 bridgehead atoms. The molecule has 3 aliphatic rings. The number of carbonyl (C=O) groups is 3. The highest BCUT2D eigenvalue weighted by Gasteiger charge is 2.53. The third-order valence-corrected chi connectivity index (χ3v) is 11.5. The Kier molecular flexibility index (Phi) is 10.2. The molecular formula is C34H35ClN10O5S2. The van der Waals surface area contributed by atoms with Gasteiger partial charge in [-0.2, -0.15) is 4.57 Å². The third kappa shape index (κ3) is 6.96. The Morgan fingerprint density at radius 1 is 1.25 bits per heavy atom. The van der Waals surface area contributed by atoms with Gasteiger partial charge in [-0.3, -0.25) is 19.5 Å². The summed E-state index contributed by atoms with van der Waals surface area (Å²) in [6.07, 6.45) is 5.98. The van der Waals surface area contributed by atoms with E-state index in [0.29, 0.717) is 18.0 Å². The zero-order valence-corrected chi connectivity index (χ0v) is 30.3. The van der Waals surface area contributed by atoms with Gasteiger partial charge in [0.15, 0.2) is 23.6 Å². The molecule has 18 heteroatoms. The van der Waals surface area contributed by atoms with Crippen LogP contribution in [0.25, 0.3) is 11.0 Å². The molecular weight excluding hydrogens is 728 g/mol. The number of aliphatic imine (C=N–C) groups is 1. The lowest BCUT2D eigenvalue weighted by atomic mass is 10.0. The summed E-state index contributed by atoms with van der Waals surface area (Å²) in [4.78, 5) is 53.8. The number of nitrogens with zero attached hydrogens (tertiary/aromatic N) is 6. The fraction of sp³-hybridized carbons (Fsp3) is 0.324. The van der Waals surface area contributed by atoms with E-state index in [4.69, 9.17) is 32.9 Å². The molecule has 6 N–H and O–H groups in total. The first-order valence-corrected chi connectivity index (χ1v) is 18.7. The Morgan fingerprint density at radius 3 is 2.75 bits per heavy atom. The van der Waals surface area contributed by atoms with Crippen molar-refractivity contribution in [3.63, 3.8) is 0 Å². The number of aliphatic carboxylic acids is 1. The molecule has 1 unspecified atom stereocenters. The molecule has 7 rings (SSSR count). The van der Waals surface area contributed by atoms with Crippen LogP contribution in [0.3, 0.4) is 0 Å². The molecule has 15 nitrogen and oxygen atoms in total. The molecule has 4 aromatic rings. The number of halogens is 1. The smallest absolute Gasteiger partial charge is 0.276 e. The average molecular weight is 763 g/mol. The highest BCUT2D eigenvalue weighted by molar-refractivity contribution is 8.00. The van der Waals surface area contributed by atoms with Crippen molar-refractivity contribution in [1.29, 1.82) is 0 Å². The van der Waals surface area contributed by atoms with Gasteiger partial charge >= 0.3 is 0 Å². The molecule has 3 atom stereocenters. The number of thiazole rings is 1. The number of carboxylic acid groups (broad SMARTS) is 1. The Hall–Kier alpha value is -4.97. The van der Waals surface area contributed by atoms with Crippen molar-refractivity contribution >= 4 is 80.2 Å². The van der Waals surface area contributed by atoms with E-state index < -0.39 is 29.2 Å². The second-order valence-corrected chi connectivity index (χ2v) is 15.2. The monoisotopic (exact) mass is 762 g/mol. The van der Waals surface area contributed by atoms with Crippen LogP contribution in [0.5, 0.6) is 0 Å². The van der Waals surface area contributed by atoms with E-state index in [1.54, 1.807) is 0 Å². The van der Waals surface area contributed by atoms with Crippen LogP contribution in [-0.4, -0.2) is 87.2 Å². The van der Waals surface area contributed by atoms with Crippen molar-refractivity contribution < 1.29 is 28.9 Å². The first kappa shape index (κ1) is 35.4. The molecule has 0 spiro atoms. The van der Waals surface area contributed by atoms with Crippen molar-refractivity contribution in [2.75, 3.05) is 31.7 Å². The number of pyridine rings is 1. The van der Waals surface area contributed by atoms with Crippen molar-refractivity contribution in [2.45, 2.75) is 43.4 Å². The van der Waals surface area contributed by atoms with Gasteiger partial charge in [-0.15, -0.1) is 11.8 Å². The number of rotatable bonds is 11. The largest absolute Gasteiger partial charge is 0.543 e. The van der Waals surface area contributed by atoms with Crippen molar-refractivity contribution in [3.8, 4) is 0 Å². The number of carboxylic acids is 1. The summed E-state index contributed by atoms with van der Waals surface area (Å²) in [5.41, 5.74) is 15.9. The van der Waals surface area contributed by atoms with E-state index >= 15 is 0 Å². The second-order valence-electron chi connectivity index (χ2n) is 12.5. The topological polar surface area (TPSA) is 209 Å². The zero-order valence-electron chi connectivity index (χ0n) is 28.0. The van der Waals surface area contributed by atoms with Crippen molar-refractivity contribution in [1.82, 2.24) is 25.1 Å². The number of β-lactam (4-membered cyclic amide) rings is 1. The molecule has 3 aromatic heterocycles. The van der Waals surface area contributed by atoms with Gasteiger partial charge in [0.25, 0.3) is 11.8 Å². The molecule has 2 amide bonds. The number of hydrogen-bond donors (Lipinski definition) is 4. The molecule has 2 saturated heterocycles. The number of benzene rings is 1. The second kappa shape index (κ2) is 14.9. The molecule has 270 valence electrons. The Balaban J connectivity index is 1.06.